The second kappa shape index (κ2) is 10.9. The monoisotopic (exact) mass is 497 g/mol. The van der Waals surface area contributed by atoms with Gasteiger partial charge in [0, 0.05) is 25.0 Å². The quantitative estimate of drug-likeness (QED) is 0.513. The molecule has 10 heteroatoms. The normalized spacial score (nSPS) is 14.4. The van der Waals surface area contributed by atoms with Gasteiger partial charge in [0.25, 0.3) is 11.5 Å². The average molecular weight is 498 g/mol. The van der Waals surface area contributed by atoms with E-state index >= 15 is 0 Å². The number of amides is 1. The number of hydrogen-bond acceptors (Lipinski definition) is 6. The molecule has 9 nitrogen and oxygen atoms in total. The molecular formula is C25H27N3O6S. The molecule has 0 radical (unpaired) electrons. The van der Waals surface area contributed by atoms with Gasteiger partial charge in [-0.15, -0.1) is 0 Å². The number of aromatic nitrogens is 1. The molecule has 2 aromatic carbocycles. The van der Waals surface area contributed by atoms with Gasteiger partial charge < -0.3 is 19.4 Å². The second-order valence-corrected chi connectivity index (χ2v) is 9.81. The Labute approximate surface area is 204 Å². The third kappa shape index (κ3) is 5.61. The van der Waals surface area contributed by atoms with Crippen LogP contribution in [0.1, 0.15) is 22.8 Å². The Morgan fingerprint density at radius 1 is 1.06 bits per heavy atom. The van der Waals surface area contributed by atoms with E-state index in [1.54, 1.807) is 25.3 Å². The molecule has 35 heavy (non-hydrogen) atoms. The van der Waals surface area contributed by atoms with Crippen LogP contribution in [-0.2, 0) is 21.3 Å². The average Bonchev–Trinajstić information content (AvgIpc) is 2.87. The zero-order valence-electron chi connectivity index (χ0n) is 19.3. The first-order chi connectivity index (χ1) is 16.9. The van der Waals surface area contributed by atoms with Crippen molar-refractivity contribution in [3.05, 3.63) is 88.3 Å². The molecule has 0 atom stereocenters. The number of nitrogens with zero attached hydrogens (tertiary/aromatic N) is 2. The van der Waals surface area contributed by atoms with Crippen LogP contribution in [0, 0.1) is 0 Å². The summed E-state index contributed by atoms with van der Waals surface area (Å²) in [5.74, 6) is -0.432. The molecule has 1 aliphatic rings. The highest BCUT2D eigenvalue weighted by Crippen LogP contribution is 2.30. The molecule has 3 aromatic rings. The lowest BCUT2D eigenvalue weighted by Crippen LogP contribution is -2.40. The molecule has 0 bridgehead atoms. The van der Waals surface area contributed by atoms with Crippen molar-refractivity contribution in [2.75, 3.05) is 38.2 Å². The number of ether oxygens (including phenoxy) is 2. The predicted molar refractivity (Wildman–Crippen MR) is 131 cm³/mol. The summed E-state index contributed by atoms with van der Waals surface area (Å²) < 4.78 is 40.2. The summed E-state index contributed by atoms with van der Waals surface area (Å²) in [5.41, 5.74) is 0.677. The Kier molecular flexibility index (Phi) is 7.64. The van der Waals surface area contributed by atoms with Crippen LogP contribution in [0.4, 0.5) is 5.69 Å². The van der Waals surface area contributed by atoms with Gasteiger partial charge in [0.1, 0.15) is 16.2 Å². The summed E-state index contributed by atoms with van der Waals surface area (Å²) in [6.07, 6.45) is 1.62. The second-order valence-electron chi connectivity index (χ2n) is 7.91. The van der Waals surface area contributed by atoms with E-state index in [0.717, 1.165) is 5.56 Å². The summed E-state index contributed by atoms with van der Waals surface area (Å²) >= 11 is 0. The van der Waals surface area contributed by atoms with Crippen molar-refractivity contribution in [2.45, 2.75) is 18.4 Å². The van der Waals surface area contributed by atoms with Crippen LogP contribution in [0.25, 0.3) is 0 Å². The van der Waals surface area contributed by atoms with Gasteiger partial charge in [-0.05, 0) is 42.8 Å². The maximum Gasteiger partial charge on any atom is 0.263 e. The fourth-order valence-electron chi connectivity index (χ4n) is 3.80. The molecule has 1 saturated heterocycles. The van der Waals surface area contributed by atoms with Crippen LogP contribution in [-0.4, -0.2) is 56.1 Å². The first-order valence-corrected chi connectivity index (χ1v) is 12.7. The van der Waals surface area contributed by atoms with Crippen LogP contribution in [0.3, 0.4) is 0 Å². The number of hydrogen-bond donors (Lipinski definition) is 1. The summed E-state index contributed by atoms with van der Waals surface area (Å²) in [5, 5.41) is 2.66. The molecule has 0 spiro atoms. The summed E-state index contributed by atoms with van der Waals surface area (Å²) in [6, 6.07) is 16.9. The first-order valence-electron chi connectivity index (χ1n) is 11.3. The Bertz CT molecular complexity index is 1350. The maximum atomic E-state index is 13.3. The SMILES string of the molecule is CCOc1ccc(NC(=O)c2cccn(Cc3ccccc3)c2=O)cc1S(=O)(=O)N1CCOCC1. The van der Waals surface area contributed by atoms with Crippen molar-refractivity contribution < 1.29 is 22.7 Å². The van der Waals surface area contributed by atoms with Crippen molar-refractivity contribution >= 4 is 21.6 Å². The van der Waals surface area contributed by atoms with E-state index in [9.17, 15) is 18.0 Å². The van der Waals surface area contributed by atoms with Crippen LogP contribution in [0.5, 0.6) is 5.75 Å². The fraction of sp³-hybridized carbons (Fsp3) is 0.280. The summed E-state index contributed by atoms with van der Waals surface area (Å²) in [4.78, 5) is 25.9. The topological polar surface area (TPSA) is 107 Å². The molecule has 1 amide bonds. The Morgan fingerprint density at radius 3 is 2.51 bits per heavy atom. The molecular weight excluding hydrogens is 470 g/mol. The molecule has 0 aliphatic carbocycles. The lowest BCUT2D eigenvalue weighted by Gasteiger charge is -2.27. The third-order valence-electron chi connectivity index (χ3n) is 5.55. The Balaban J connectivity index is 1.61. The number of benzene rings is 2. The van der Waals surface area contributed by atoms with Gasteiger partial charge in [-0.2, -0.15) is 4.31 Å². The minimum Gasteiger partial charge on any atom is -0.492 e. The lowest BCUT2D eigenvalue weighted by molar-refractivity contribution is 0.0729. The highest BCUT2D eigenvalue weighted by atomic mass is 32.2. The zero-order chi connectivity index (χ0) is 24.8. The molecule has 1 fully saturated rings. The van der Waals surface area contributed by atoms with Gasteiger partial charge in [0.15, 0.2) is 0 Å². The zero-order valence-corrected chi connectivity index (χ0v) is 20.2. The van der Waals surface area contributed by atoms with Gasteiger partial charge in [0.05, 0.1) is 26.4 Å². The van der Waals surface area contributed by atoms with Gasteiger partial charge in [-0.25, -0.2) is 8.42 Å². The minimum absolute atomic E-state index is 0.0464. The molecule has 1 N–H and O–H groups in total. The predicted octanol–water partition coefficient (Wildman–Crippen LogP) is 2.57. The van der Waals surface area contributed by atoms with Crippen molar-refractivity contribution in [1.29, 1.82) is 0 Å². The molecule has 2 heterocycles. The van der Waals surface area contributed by atoms with E-state index in [2.05, 4.69) is 5.32 Å². The van der Waals surface area contributed by atoms with E-state index in [-0.39, 0.29) is 41.6 Å². The fourth-order valence-corrected chi connectivity index (χ4v) is 5.37. The van der Waals surface area contributed by atoms with E-state index in [4.69, 9.17) is 9.47 Å². The molecule has 184 valence electrons. The largest absolute Gasteiger partial charge is 0.492 e. The van der Waals surface area contributed by atoms with Crippen molar-refractivity contribution in [3.63, 3.8) is 0 Å². The van der Waals surface area contributed by atoms with Crippen LogP contribution in [0.15, 0.2) is 76.6 Å². The van der Waals surface area contributed by atoms with E-state index < -0.39 is 21.5 Å². The molecule has 4 rings (SSSR count). The first kappa shape index (κ1) is 24.6. The maximum absolute atomic E-state index is 13.3. The van der Waals surface area contributed by atoms with E-state index in [1.165, 1.54) is 27.1 Å². The van der Waals surface area contributed by atoms with Crippen molar-refractivity contribution in [2.24, 2.45) is 0 Å². The Hall–Kier alpha value is -3.47. The number of sulfonamides is 1. The standard InChI is InChI=1S/C25H27N3O6S/c1-2-34-22-11-10-20(17-23(22)35(31,32)28-13-15-33-16-14-28)26-24(29)21-9-6-12-27(25(21)30)18-19-7-4-3-5-8-19/h3-12,17H,2,13-16,18H2,1H3,(H,26,29). The van der Waals surface area contributed by atoms with Crippen molar-refractivity contribution in [1.82, 2.24) is 8.87 Å². The van der Waals surface area contributed by atoms with E-state index in [0.29, 0.717) is 19.8 Å². The summed E-state index contributed by atoms with van der Waals surface area (Å²) in [6.45, 7) is 3.45. The molecule has 0 saturated carbocycles. The van der Waals surface area contributed by atoms with Crippen LogP contribution >= 0.6 is 0 Å². The van der Waals surface area contributed by atoms with Gasteiger partial charge in [0.2, 0.25) is 10.0 Å². The van der Waals surface area contributed by atoms with Gasteiger partial charge >= 0.3 is 0 Å². The number of pyridine rings is 1. The molecule has 1 aromatic heterocycles. The minimum atomic E-state index is -3.88. The third-order valence-corrected chi connectivity index (χ3v) is 7.47. The number of anilines is 1. The molecule has 1 aliphatic heterocycles. The highest BCUT2D eigenvalue weighted by molar-refractivity contribution is 7.89. The van der Waals surface area contributed by atoms with Crippen LogP contribution < -0.4 is 15.6 Å². The Morgan fingerprint density at radius 2 is 1.80 bits per heavy atom. The van der Waals surface area contributed by atoms with E-state index in [1.807, 2.05) is 30.3 Å². The number of morpholine rings is 1. The van der Waals surface area contributed by atoms with Crippen LogP contribution in [0.2, 0.25) is 0 Å². The number of nitrogens with one attached hydrogen (secondary N) is 1. The van der Waals surface area contributed by atoms with Gasteiger partial charge in [-0.3, -0.25) is 9.59 Å². The molecule has 0 unspecified atom stereocenters. The summed E-state index contributed by atoms with van der Waals surface area (Å²) in [7, 11) is -3.88. The number of carbonyl (C=O) groups is 1. The number of rotatable bonds is 8. The number of carbonyl (C=O) groups excluding carboxylic acids is 1. The van der Waals surface area contributed by atoms with Crippen molar-refractivity contribution in [3.8, 4) is 5.75 Å². The smallest absolute Gasteiger partial charge is 0.263 e. The van der Waals surface area contributed by atoms with Gasteiger partial charge in [-0.1, -0.05) is 30.3 Å². The lowest BCUT2D eigenvalue weighted by atomic mass is 10.2. The highest BCUT2D eigenvalue weighted by Gasteiger charge is 2.30.